The van der Waals surface area contributed by atoms with Crippen LogP contribution in [0.1, 0.15) is 26.2 Å². The van der Waals surface area contributed by atoms with Gasteiger partial charge in [-0.1, -0.05) is 22.9 Å². The zero-order chi connectivity index (χ0) is 14.4. The summed E-state index contributed by atoms with van der Waals surface area (Å²) in [6, 6.07) is 8.13. The smallest absolute Gasteiger partial charge is 0.238 e. The van der Waals surface area contributed by atoms with Gasteiger partial charge in [-0.2, -0.15) is 11.8 Å². The van der Waals surface area contributed by atoms with Gasteiger partial charge in [0.1, 0.15) is 0 Å². The molecule has 1 aliphatic carbocycles. The first-order valence-electron chi connectivity index (χ1n) is 7.07. The van der Waals surface area contributed by atoms with Gasteiger partial charge >= 0.3 is 0 Å². The molecule has 0 heterocycles. The Bertz CT molecular complexity index is 438. The highest BCUT2D eigenvalue weighted by molar-refractivity contribution is 9.10. The molecular formula is C15H21BrN2OS. The van der Waals surface area contributed by atoms with E-state index in [-0.39, 0.29) is 5.91 Å². The second-order valence-corrected chi connectivity index (χ2v) is 7.52. The van der Waals surface area contributed by atoms with Crippen molar-refractivity contribution in [3.8, 4) is 0 Å². The van der Waals surface area contributed by atoms with E-state index in [1.165, 1.54) is 25.0 Å². The number of halogens is 1. The maximum atomic E-state index is 11.9. The summed E-state index contributed by atoms with van der Waals surface area (Å²) in [5, 5.41) is 7.04. The lowest BCUT2D eigenvalue weighted by Crippen LogP contribution is -2.34. The molecule has 1 aromatic rings. The first kappa shape index (κ1) is 15.9. The predicted molar refractivity (Wildman–Crippen MR) is 90.3 cm³/mol. The van der Waals surface area contributed by atoms with Gasteiger partial charge in [-0.25, -0.2) is 0 Å². The molecule has 3 nitrogen and oxygen atoms in total. The molecule has 1 aliphatic rings. The molecule has 1 aromatic carbocycles. The number of hydrogen-bond acceptors (Lipinski definition) is 3. The van der Waals surface area contributed by atoms with Crippen molar-refractivity contribution in [2.75, 3.05) is 17.6 Å². The number of rotatable bonds is 6. The minimum Gasteiger partial charge on any atom is -0.325 e. The maximum absolute atomic E-state index is 11.9. The lowest BCUT2D eigenvalue weighted by molar-refractivity contribution is -0.115. The minimum absolute atomic E-state index is 0.0268. The van der Waals surface area contributed by atoms with Crippen LogP contribution < -0.4 is 10.6 Å². The number of carbonyl (C=O) groups is 1. The average Bonchev–Trinajstić information content (AvgIpc) is 2.87. The lowest BCUT2D eigenvalue weighted by atomic mass is 10.2. The van der Waals surface area contributed by atoms with Crippen LogP contribution in [0.5, 0.6) is 0 Å². The van der Waals surface area contributed by atoms with Crippen LogP contribution in [0, 0.1) is 0 Å². The molecule has 1 amide bonds. The first-order valence-corrected chi connectivity index (χ1v) is 8.92. The summed E-state index contributed by atoms with van der Waals surface area (Å²) in [6.07, 6.45) is 3.64. The van der Waals surface area contributed by atoms with Gasteiger partial charge in [0.15, 0.2) is 0 Å². The van der Waals surface area contributed by atoms with E-state index in [2.05, 4.69) is 33.5 Å². The Balaban J connectivity index is 1.69. The van der Waals surface area contributed by atoms with E-state index >= 15 is 0 Å². The number of nitrogens with one attached hydrogen (secondary N) is 2. The van der Waals surface area contributed by atoms with Crippen molar-refractivity contribution in [2.45, 2.75) is 37.5 Å². The lowest BCUT2D eigenvalue weighted by Gasteiger charge is -2.13. The van der Waals surface area contributed by atoms with Crippen molar-refractivity contribution in [3.63, 3.8) is 0 Å². The van der Waals surface area contributed by atoms with Crippen molar-refractivity contribution in [3.05, 3.63) is 28.7 Å². The molecule has 0 radical (unpaired) electrons. The van der Waals surface area contributed by atoms with E-state index in [1.807, 2.05) is 36.0 Å². The fraction of sp³-hybridized carbons (Fsp3) is 0.533. The number of carbonyl (C=O) groups excluding carboxylic acids is 1. The summed E-state index contributed by atoms with van der Waals surface area (Å²) in [7, 11) is 0. The quantitative estimate of drug-likeness (QED) is 0.817. The third kappa shape index (κ3) is 5.11. The van der Waals surface area contributed by atoms with Crippen molar-refractivity contribution in [2.24, 2.45) is 0 Å². The molecule has 110 valence electrons. The van der Waals surface area contributed by atoms with Crippen molar-refractivity contribution in [1.82, 2.24) is 5.32 Å². The van der Waals surface area contributed by atoms with E-state index in [9.17, 15) is 4.79 Å². The Hall–Kier alpha value is -0.520. The molecule has 2 rings (SSSR count). The number of amides is 1. The highest BCUT2D eigenvalue weighted by Gasteiger charge is 2.24. The average molecular weight is 357 g/mol. The molecule has 1 saturated carbocycles. The van der Waals surface area contributed by atoms with Crippen LogP contribution in [-0.4, -0.2) is 29.5 Å². The Morgan fingerprint density at radius 2 is 2.10 bits per heavy atom. The first-order chi connectivity index (χ1) is 9.67. The van der Waals surface area contributed by atoms with Crippen molar-refractivity contribution < 1.29 is 4.79 Å². The minimum atomic E-state index is 0.0268. The molecule has 0 bridgehead atoms. The highest BCUT2D eigenvalue weighted by Crippen LogP contribution is 2.29. The van der Waals surface area contributed by atoms with Gasteiger partial charge in [0.2, 0.25) is 5.91 Å². The molecule has 1 fully saturated rings. The summed E-state index contributed by atoms with van der Waals surface area (Å²) in [4.78, 5) is 11.9. The van der Waals surface area contributed by atoms with Crippen LogP contribution in [0.25, 0.3) is 0 Å². The van der Waals surface area contributed by atoms with Crippen molar-refractivity contribution in [1.29, 1.82) is 0 Å². The summed E-state index contributed by atoms with van der Waals surface area (Å²) in [6.45, 7) is 2.60. The van der Waals surface area contributed by atoms with E-state index in [0.717, 1.165) is 15.4 Å². The van der Waals surface area contributed by atoms with Gasteiger partial charge in [0.05, 0.1) is 6.54 Å². The molecule has 5 heteroatoms. The molecule has 0 saturated heterocycles. The standard InChI is InChI=1S/C15H21BrN2OS/c1-2-20-14-8-7-13(9-14)17-10-15(19)18-12-5-3-11(16)4-6-12/h3-6,13-14,17H,2,7-10H2,1H3,(H,18,19). The molecule has 20 heavy (non-hydrogen) atoms. The molecule has 0 aromatic heterocycles. The normalized spacial score (nSPS) is 21.9. The molecule has 2 N–H and O–H groups in total. The Morgan fingerprint density at radius 1 is 1.35 bits per heavy atom. The number of hydrogen-bond donors (Lipinski definition) is 2. The second-order valence-electron chi connectivity index (χ2n) is 5.02. The van der Waals surface area contributed by atoms with Gasteiger partial charge < -0.3 is 10.6 Å². The van der Waals surface area contributed by atoms with Gasteiger partial charge in [0, 0.05) is 21.5 Å². The Morgan fingerprint density at radius 3 is 2.80 bits per heavy atom. The van der Waals surface area contributed by atoms with Gasteiger partial charge in [-0.15, -0.1) is 0 Å². The van der Waals surface area contributed by atoms with Crippen LogP contribution in [0.15, 0.2) is 28.7 Å². The SMILES string of the molecule is CCSC1CCC(NCC(=O)Nc2ccc(Br)cc2)C1. The Labute approximate surface area is 133 Å². The third-order valence-electron chi connectivity index (χ3n) is 3.47. The predicted octanol–water partition coefficient (Wildman–Crippen LogP) is 3.65. The molecule has 0 spiro atoms. The number of benzene rings is 1. The highest BCUT2D eigenvalue weighted by atomic mass is 79.9. The van der Waals surface area contributed by atoms with E-state index in [0.29, 0.717) is 12.6 Å². The van der Waals surface area contributed by atoms with Crippen LogP contribution >= 0.6 is 27.7 Å². The Kier molecular flexibility index (Phi) is 6.39. The van der Waals surface area contributed by atoms with E-state index < -0.39 is 0 Å². The van der Waals surface area contributed by atoms with Gasteiger partial charge in [-0.3, -0.25) is 4.79 Å². The molecular weight excluding hydrogens is 336 g/mol. The van der Waals surface area contributed by atoms with E-state index in [4.69, 9.17) is 0 Å². The molecule has 2 atom stereocenters. The topological polar surface area (TPSA) is 41.1 Å². The molecule has 2 unspecified atom stereocenters. The van der Waals surface area contributed by atoms with Crippen molar-refractivity contribution >= 4 is 39.3 Å². The van der Waals surface area contributed by atoms with E-state index in [1.54, 1.807) is 0 Å². The summed E-state index contributed by atoms with van der Waals surface area (Å²) in [5.74, 6) is 1.21. The number of anilines is 1. The van der Waals surface area contributed by atoms with Crippen LogP contribution in [0.2, 0.25) is 0 Å². The van der Waals surface area contributed by atoms with Gasteiger partial charge in [0.25, 0.3) is 0 Å². The summed E-state index contributed by atoms with van der Waals surface area (Å²) in [5.41, 5.74) is 0.839. The summed E-state index contributed by atoms with van der Waals surface area (Å²) < 4.78 is 1.01. The molecule has 0 aliphatic heterocycles. The monoisotopic (exact) mass is 356 g/mol. The zero-order valence-electron chi connectivity index (χ0n) is 11.7. The summed E-state index contributed by atoms with van der Waals surface area (Å²) >= 11 is 5.41. The second kappa shape index (κ2) is 8.05. The van der Waals surface area contributed by atoms with Gasteiger partial charge in [-0.05, 0) is 49.3 Å². The zero-order valence-corrected chi connectivity index (χ0v) is 14.1. The maximum Gasteiger partial charge on any atom is 0.238 e. The van der Waals surface area contributed by atoms with Crippen LogP contribution in [0.4, 0.5) is 5.69 Å². The largest absolute Gasteiger partial charge is 0.325 e. The van der Waals surface area contributed by atoms with Crippen LogP contribution in [0.3, 0.4) is 0 Å². The third-order valence-corrected chi connectivity index (χ3v) is 5.23. The van der Waals surface area contributed by atoms with Crippen LogP contribution in [-0.2, 0) is 4.79 Å². The fourth-order valence-electron chi connectivity index (χ4n) is 2.49. The fourth-order valence-corrected chi connectivity index (χ4v) is 3.89. The number of thioether (sulfide) groups is 1.